The van der Waals surface area contributed by atoms with Crippen molar-refractivity contribution in [2.45, 2.75) is 26.1 Å². The first-order valence-corrected chi connectivity index (χ1v) is 14.6. The number of alkyl halides is 3. The Kier molecular flexibility index (Phi) is 13.4. The van der Waals surface area contributed by atoms with Crippen LogP contribution >= 0.6 is 23.2 Å². The fourth-order valence-corrected chi connectivity index (χ4v) is 4.14. The average Bonchev–Trinajstić information content (AvgIpc) is 3.04. The highest BCUT2D eigenvalue weighted by atomic mass is 35.5. The maximum Gasteiger partial charge on any atom is 0.416 e. The number of rotatable bonds is 9. The van der Waals surface area contributed by atoms with Crippen LogP contribution in [-0.4, -0.2) is 51.0 Å². The zero-order chi connectivity index (χ0) is 38.0. The Hall–Kier alpha value is -5.81. The van der Waals surface area contributed by atoms with Crippen LogP contribution in [-0.2, 0) is 15.7 Å². The summed E-state index contributed by atoms with van der Waals surface area (Å²) in [6.07, 6.45) is -4.57. The molecule has 4 aromatic rings. The topological polar surface area (TPSA) is 177 Å². The summed E-state index contributed by atoms with van der Waals surface area (Å²) in [4.78, 5) is 49.5. The molecule has 1 aromatic heterocycles. The molecule has 0 saturated heterocycles. The monoisotopic (exact) mass is 756 g/mol. The summed E-state index contributed by atoms with van der Waals surface area (Å²) in [7, 11) is 0. The highest BCUT2D eigenvalue weighted by Crippen LogP contribution is 2.37. The highest BCUT2D eigenvalue weighted by Gasteiger charge is 2.31. The first kappa shape index (κ1) is 39.6. The molecule has 0 aliphatic heterocycles. The van der Waals surface area contributed by atoms with E-state index in [1.165, 1.54) is 37.4 Å². The summed E-state index contributed by atoms with van der Waals surface area (Å²) in [6.45, 7) is 2.62. The fourth-order valence-electron chi connectivity index (χ4n) is 3.72. The number of aromatic nitrogens is 1. The number of benzene rings is 3. The number of halogens is 7. The van der Waals surface area contributed by atoms with Crippen molar-refractivity contribution in [1.29, 1.82) is 0 Å². The summed E-state index contributed by atoms with van der Waals surface area (Å²) in [6, 6.07) is 10.8. The van der Waals surface area contributed by atoms with E-state index >= 15 is 0 Å². The third-order valence-electron chi connectivity index (χ3n) is 6.10. The van der Waals surface area contributed by atoms with Crippen molar-refractivity contribution >= 4 is 58.5 Å². The van der Waals surface area contributed by atoms with Gasteiger partial charge in [-0.25, -0.2) is 33.4 Å². The molecule has 0 radical (unpaired) electrons. The molecule has 4 N–H and O–H groups in total. The first-order valence-electron chi connectivity index (χ1n) is 13.9. The normalized spacial score (nSPS) is 11.7. The van der Waals surface area contributed by atoms with E-state index in [-0.39, 0.29) is 49.8 Å². The smallest absolute Gasteiger partial charge is 0.416 e. The number of hydrogen-bond donors (Lipinski definition) is 4. The number of esters is 1. The van der Waals surface area contributed by atoms with E-state index in [0.717, 1.165) is 37.3 Å². The number of aromatic carboxylic acids is 1. The van der Waals surface area contributed by atoms with Gasteiger partial charge in [0.05, 0.1) is 32.4 Å². The number of carboxylic acid groups (broad SMARTS) is 2. The summed E-state index contributed by atoms with van der Waals surface area (Å²) < 4.78 is 74.2. The molecule has 0 unspecified atom stereocenters. The second kappa shape index (κ2) is 17.2. The van der Waals surface area contributed by atoms with Crippen molar-refractivity contribution in [3.8, 4) is 11.5 Å². The molecule has 3 aromatic carbocycles. The minimum Gasteiger partial charge on any atom is -0.479 e. The zero-order valence-corrected chi connectivity index (χ0v) is 27.4. The van der Waals surface area contributed by atoms with Gasteiger partial charge in [-0.1, -0.05) is 23.2 Å². The number of anilines is 1. The van der Waals surface area contributed by atoms with Gasteiger partial charge in [-0.3, -0.25) is 4.98 Å². The standard InChI is InChI=1S/C17H11Cl2F3O5.C15H12F2N4O3/c1-8(15(23)24)26-16(25)11-7-10(3-4-12(11)18)27-14-5-2-9(6-13(14)19)17(20,21)22;1-8(13-12(14(22)23)3-2-4-18-13)20-21-15(24)19-11-6-9(16)5-10(17)7-11/h2-8H,1H3,(H,23,24);2-7H,1H3,(H,22,23)(H2,19,21,24)/b;20-8+/t8-;/m0./s1. The highest BCUT2D eigenvalue weighted by molar-refractivity contribution is 6.33. The van der Waals surface area contributed by atoms with Crippen molar-refractivity contribution in [1.82, 2.24) is 10.4 Å². The van der Waals surface area contributed by atoms with Crippen LogP contribution in [0.4, 0.5) is 32.4 Å². The van der Waals surface area contributed by atoms with Crippen molar-refractivity contribution in [2.75, 3.05) is 5.32 Å². The van der Waals surface area contributed by atoms with Crippen molar-refractivity contribution < 1.29 is 60.8 Å². The number of amides is 2. The molecule has 0 aliphatic carbocycles. The second-order valence-corrected chi connectivity index (χ2v) is 10.7. The van der Waals surface area contributed by atoms with Crippen LogP contribution in [0.15, 0.2) is 78.0 Å². The Morgan fingerprint density at radius 3 is 2.16 bits per heavy atom. The third kappa shape index (κ3) is 11.6. The molecule has 1 heterocycles. The number of pyridine rings is 1. The quantitative estimate of drug-likeness (QED) is 0.0570. The molecular formula is C32H23Cl2F5N4O8. The fraction of sp³-hybridized carbons (Fsp3) is 0.125. The summed E-state index contributed by atoms with van der Waals surface area (Å²) in [5.74, 6) is -5.26. The van der Waals surface area contributed by atoms with Gasteiger partial charge < -0.3 is 25.0 Å². The van der Waals surface area contributed by atoms with Crippen LogP contribution in [0.1, 0.15) is 45.8 Å². The molecule has 0 saturated carbocycles. The van der Waals surface area contributed by atoms with E-state index in [1.54, 1.807) is 0 Å². The van der Waals surface area contributed by atoms with Crippen LogP contribution in [0.3, 0.4) is 0 Å². The number of nitrogens with one attached hydrogen (secondary N) is 2. The number of nitrogens with zero attached hydrogens (tertiary/aromatic N) is 2. The summed E-state index contributed by atoms with van der Waals surface area (Å²) >= 11 is 11.7. The minimum absolute atomic E-state index is 0.0246. The van der Waals surface area contributed by atoms with Gasteiger partial charge in [0.25, 0.3) is 0 Å². The van der Waals surface area contributed by atoms with E-state index in [9.17, 15) is 41.1 Å². The lowest BCUT2D eigenvalue weighted by Gasteiger charge is -2.13. The molecule has 0 aliphatic rings. The Morgan fingerprint density at radius 1 is 0.902 bits per heavy atom. The molecule has 0 spiro atoms. The van der Waals surface area contributed by atoms with Crippen molar-refractivity contribution in [3.05, 3.63) is 117 Å². The lowest BCUT2D eigenvalue weighted by molar-refractivity contribution is -0.146. The van der Waals surface area contributed by atoms with Gasteiger partial charge in [0.2, 0.25) is 0 Å². The van der Waals surface area contributed by atoms with E-state index in [1.807, 2.05) is 0 Å². The van der Waals surface area contributed by atoms with Crippen LogP contribution in [0.5, 0.6) is 11.5 Å². The number of hydrazone groups is 1. The maximum atomic E-state index is 13.0. The largest absolute Gasteiger partial charge is 0.479 e. The summed E-state index contributed by atoms with van der Waals surface area (Å²) in [5, 5.41) is 23.5. The molecule has 19 heteroatoms. The van der Waals surface area contributed by atoms with Crippen LogP contribution in [0.2, 0.25) is 10.0 Å². The Balaban J connectivity index is 0.000000277. The van der Waals surface area contributed by atoms with E-state index < -0.39 is 53.4 Å². The van der Waals surface area contributed by atoms with Gasteiger partial charge in [0, 0.05) is 18.0 Å². The molecule has 4 rings (SSSR count). The Bertz CT molecular complexity index is 1980. The van der Waals surface area contributed by atoms with Crippen LogP contribution in [0, 0.1) is 11.6 Å². The first-order chi connectivity index (χ1) is 23.8. The lowest BCUT2D eigenvalue weighted by atomic mass is 10.1. The Morgan fingerprint density at radius 2 is 1.57 bits per heavy atom. The van der Waals surface area contributed by atoms with Crippen LogP contribution < -0.4 is 15.5 Å². The van der Waals surface area contributed by atoms with Gasteiger partial charge in [-0.15, -0.1) is 0 Å². The summed E-state index contributed by atoms with van der Waals surface area (Å²) in [5.41, 5.74) is 1.04. The molecule has 51 heavy (non-hydrogen) atoms. The number of ether oxygens (including phenoxy) is 2. The zero-order valence-electron chi connectivity index (χ0n) is 25.9. The maximum absolute atomic E-state index is 13.0. The number of carboxylic acids is 2. The van der Waals surface area contributed by atoms with Crippen molar-refractivity contribution in [3.63, 3.8) is 0 Å². The molecule has 2 amide bonds. The number of urea groups is 1. The molecule has 1 atom stereocenters. The Labute approximate surface area is 294 Å². The number of carbonyl (C=O) groups excluding carboxylic acids is 2. The number of carbonyl (C=O) groups is 4. The molecule has 0 fully saturated rings. The average molecular weight is 757 g/mol. The van der Waals surface area contributed by atoms with Gasteiger partial charge in [-0.05, 0) is 74.5 Å². The molecule has 12 nitrogen and oxygen atoms in total. The van der Waals surface area contributed by atoms with Gasteiger partial charge in [0.15, 0.2) is 6.10 Å². The number of aliphatic carboxylic acids is 1. The molecule has 268 valence electrons. The van der Waals surface area contributed by atoms with E-state index in [0.29, 0.717) is 12.1 Å². The minimum atomic E-state index is -4.56. The van der Waals surface area contributed by atoms with E-state index in [2.05, 4.69) is 20.8 Å². The molecule has 0 bridgehead atoms. The van der Waals surface area contributed by atoms with Crippen molar-refractivity contribution in [2.24, 2.45) is 5.10 Å². The predicted octanol–water partition coefficient (Wildman–Crippen LogP) is 8.04. The van der Waals surface area contributed by atoms with Crippen LogP contribution in [0.25, 0.3) is 0 Å². The second-order valence-electron chi connectivity index (χ2n) is 9.90. The lowest BCUT2D eigenvalue weighted by Crippen LogP contribution is -2.26. The van der Waals surface area contributed by atoms with Gasteiger partial charge >= 0.3 is 30.1 Å². The van der Waals surface area contributed by atoms with Gasteiger partial charge in [0.1, 0.15) is 28.8 Å². The predicted molar refractivity (Wildman–Crippen MR) is 172 cm³/mol. The van der Waals surface area contributed by atoms with E-state index in [4.69, 9.17) is 42.9 Å². The third-order valence-corrected chi connectivity index (χ3v) is 6.73. The number of hydrogen-bond acceptors (Lipinski definition) is 8. The van der Waals surface area contributed by atoms with Gasteiger partial charge in [-0.2, -0.15) is 18.3 Å². The SMILES string of the molecule is C/C(=N\NC(=O)Nc1cc(F)cc(F)c1)c1ncccc1C(=O)O.C[C@H](OC(=O)c1cc(Oc2ccc(C(F)(F)F)cc2Cl)ccc1Cl)C(=O)O. The molecular weight excluding hydrogens is 734 g/mol.